The number of nitrogens with zero attached hydrogens (tertiary/aromatic N) is 2. The summed E-state index contributed by atoms with van der Waals surface area (Å²) in [6.45, 7) is 5.47. The third kappa shape index (κ3) is 4.71. The van der Waals surface area contributed by atoms with Gasteiger partial charge in [0.1, 0.15) is 0 Å². The van der Waals surface area contributed by atoms with Gasteiger partial charge in [0.15, 0.2) is 0 Å². The van der Waals surface area contributed by atoms with Crippen LogP contribution in [0.2, 0.25) is 0 Å². The van der Waals surface area contributed by atoms with Gasteiger partial charge in [-0.3, -0.25) is 9.35 Å². The van der Waals surface area contributed by atoms with Gasteiger partial charge in [0.05, 0.1) is 6.04 Å². The maximum Gasteiger partial charge on any atom is 0.418 e. The molecule has 1 aliphatic heterocycles. The number of hydrogen-bond donors (Lipinski definition) is 3. The molecule has 0 aromatic heterocycles. The lowest BCUT2D eigenvalue weighted by Gasteiger charge is -2.59. The third-order valence-corrected chi connectivity index (χ3v) is 6.41. The van der Waals surface area contributed by atoms with Crippen LogP contribution in [0.25, 0.3) is 0 Å². The number of carbonyl (C=O) groups excluding carboxylic acids is 2. The summed E-state index contributed by atoms with van der Waals surface area (Å²) in [7, 11) is -4.83. The minimum Gasteiger partial charge on any atom is -0.353 e. The van der Waals surface area contributed by atoms with Crippen LogP contribution in [0.1, 0.15) is 45.4 Å². The van der Waals surface area contributed by atoms with E-state index in [0.717, 1.165) is 32.5 Å². The molecule has 4 N–H and O–H groups in total. The average molecular weight is 404 g/mol. The normalized spacial score (nSPS) is 28.2. The molecule has 154 valence electrons. The Bertz CT molecular complexity index is 677. The molecule has 1 saturated heterocycles. The molecule has 3 aliphatic rings. The number of carbonyl (C=O) groups is 2. The number of likely N-dealkylation sites (tertiary alicyclic amines) is 1. The van der Waals surface area contributed by atoms with Gasteiger partial charge < -0.3 is 16.0 Å². The first-order valence-corrected chi connectivity index (χ1v) is 10.8. The van der Waals surface area contributed by atoms with E-state index >= 15 is 0 Å². The first-order chi connectivity index (χ1) is 12.6. The van der Waals surface area contributed by atoms with Gasteiger partial charge in [0, 0.05) is 25.0 Å². The first kappa shape index (κ1) is 20.3. The molecule has 2 aliphatic carbocycles. The Labute approximate surface area is 159 Å². The van der Waals surface area contributed by atoms with Gasteiger partial charge in [-0.1, -0.05) is 6.92 Å². The molecule has 0 bridgehead atoms. The van der Waals surface area contributed by atoms with Crippen LogP contribution in [0.3, 0.4) is 0 Å². The monoisotopic (exact) mass is 404 g/mol. The summed E-state index contributed by atoms with van der Waals surface area (Å²) in [5.74, 6) is -0.159. The third-order valence-electron chi connectivity index (χ3n) is 6.06. The fraction of sp³-hybridized carbons (Fsp3) is 0.875. The number of nitrogens with two attached hydrogens (primary N) is 1. The Hall–Kier alpha value is -1.43. The predicted octanol–water partition coefficient (Wildman–Crippen LogP) is 0.261. The van der Waals surface area contributed by atoms with Crippen LogP contribution >= 0.6 is 0 Å². The molecule has 0 aromatic carbocycles. The van der Waals surface area contributed by atoms with E-state index in [1.165, 1.54) is 0 Å². The minimum atomic E-state index is -4.83. The Kier molecular flexibility index (Phi) is 5.67. The van der Waals surface area contributed by atoms with Gasteiger partial charge in [-0.2, -0.15) is 13.5 Å². The van der Waals surface area contributed by atoms with E-state index in [1.807, 2.05) is 0 Å². The highest BCUT2D eigenvalue weighted by molar-refractivity contribution is 7.80. The van der Waals surface area contributed by atoms with Crippen molar-refractivity contribution in [3.05, 3.63) is 0 Å². The number of urea groups is 1. The molecule has 27 heavy (non-hydrogen) atoms. The summed E-state index contributed by atoms with van der Waals surface area (Å²) in [6, 6.07) is -1.45. The summed E-state index contributed by atoms with van der Waals surface area (Å²) in [5, 5.41) is 3.60. The molecule has 2 saturated carbocycles. The van der Waals surface area contributed by atoms with E-state index in [1.54, 1.807) is 0 Å². The zero-order valence-corrected chi connectivity index (χ0v) is 16.3. The molecule has 0 atom stereocenters. The molecule has 0 aromatic rings. The molecule has 0 radical (unpaired) electrons. The van der Waals surface area contributed by atoms with E-state index in [9.17, 15) is 18.0 Å². The van der Waals surface area contributed by atoms with Gasteiger partial charge in [-0.25, -0.2) is 4.79 Å². The van der Waals surface area contributed by atoms with E-state index in [4.69, 9.17) is 10.3 Å². The van der Waals surface area contributed by atoms with Crippen LogP contribution in [-0.4, -0.2) is 66.6 Å². The second-order valence-electron chi connectivity index (χ2n) is 8.09. The largest absolute Gasteiger partial charge is 0.418 e. The summed E-state index contributed by atoms with van der Waals surface area (Å²) in [4.78, 5) is 26.3. The van der Waals surface area contributed by atoms with Crippen molar-refractivity contribution in [2.24, 2.45) is 17.1 Å². The van der Waals surface area contributed by atoms with Crippen molar-refractivity contribution in [1.29, 1.82) is 0 Å². The van der Waals surface area contributed by atoms with E-state index in [2.05, 4.69) is 21.4 Å². The van der Waals surface area contributed by atoms with Gasteiger partial charge in [-0.05, 0) is 50.5 Å². The van der Waals surface area contributed by atoms with Gasteiger partial charge in [-0.15, -0.1) is 4.28 Å². The van der Waals surface area contributed by atoms with Crippen molar-refractivity contribution in [2.75, 3.05) is 19.6 Å². The molecule has 1 heterocycles. The van der Waals surface area contributed by atoms with Crippen LogP contribution in [0.4, 0.5) is 4.79 Å². The fourth-order valence-corrected chi connectivity index (χ4v) is 5.14. The molecule has 0 unspecified atom stereocenters. The summed E-state index contributed by atoms with van der Waals surface area (Å²) in [5.41, 5.74) is 5.53. The van der Waals surface area contributed by atoms with Crippen molar-refractivity contribution >= 4 is 22.3 Å². The SMILES string of the molecule is CCN1CC2(CC(NC(=O)C3CCC(N(OS(=O)(=O)O)C(N)=O)CC3)C2)C1. The number of nitrogens with one attached hydrogen (secondary N) is 1. The van der Waals surface area contributed by atoms with Crippen molar-refractivity contribution < 1.29 is 26.8 Å². The smallest absolute Gasteiger partial charge is 0.353 e. The van der Waals surface area contributed by atoms with Crippen LogP contribution in [0, 0.1) is 11.3 Å². The lowest BCUT2D eigenvalue weighted by atomic mass is 9.60. The lowest BCUT2D eigenvalue weighted by molar-refractivity contribution is -0.133. The van der Waals surface area contributed by atoms with E-state index in [0.29, 0.717) is 36.2 Å². The molecule has 3 rings (SSSR count). The van der Waals surface area contributed by atoms with Crippen molar-refractivity contribution in [3.63, 3.8) is 0 Å². The van der Waals surface area contributed by atoms with Crippen LogP contribution in [0.15, 0.2) is 0 Å². The van der Waals surface area contributed by atoms with Gasteiger partial charge in [0.2, 0.25) is 5.91 Å². The summed E-state index contributed by atoms with van der Waals surface area (Å²) < 4.78 is 34.8. The molecule has 3 fully saturated rings. The van der Waals surface area contributed by atoms with Crippen molar-refractivity contribution in [3.8, 4) is 0 Å². The molecule has 11 heteroatoms. The first-order valence-electron chi connectivity index (χ1n) is 9.39. The number of rotatable bonds is 6. The Balaban J connectivity index is 1.42. The van der Waals surface area contributed by atoms with Crippen LogP contribution < -0.4 is 11.1 Å². The zero-order valence-electron chi connectivity index (χ0n) is 15.5. The summed E-state index contributed by atoms with van der Waals surface area (Å²) >= 11 is 0. The maximum atomic E-state index is 12.5. The highest BCUT2D eigenvalue weighted by Gasteiger charge is 2.52. The number of hydrogen-bond acceptors (Lipinski definition) is 6. The van der Waals surface area contributed by atoms with Gasteiger partial charge in [0.25, 0.3) is 0 Å². The molecule has 1 spiro atoms. The Morgan fingerprint density at radius 1 is 1.26 bits per heavy atom. The second-order valence-corrected chi connectivity index (χ2v) is 9.09. The summed E-state index contributed by atoms with van der Waals surface area (Å²) in [6.07, 6.45) is 3.80. The van der Waals surface area contributed by atoms with Crippen LogP contribution in [0.5, 0.6) is 0 Å². The highest BCUT2D eigenvalue weighted by Crippen LogP contribution is 2.48. The molecular weight excluding hydrogens is 376 g/mol. The molecule has 3 amide bonds. The fourth-order valence-electron chi connectivity index (χ4n) is 4.74. The topological polar surface area (TPSA) is 142 Å². The van der Waals surface area contributed by atoms with E-state index in [-0.39, 0.29) is 17.9 Å². The number of primary amides is 1. The standard InChI is InChI=1S/C16H28N4O6S/c1-2-19-9-16(10-19)7-12(8-16)18-14(21)11-3-5-13(6-4-11)20(15(17)22)26-27(23,24)25/h11-13H,2-10H2,1H3,(H2,17,22)(H,18,21)(H,23,24,25). The second kappa shape index (κ2) is 7.53. The predicted molar refractivity (Wildman–Crippen MR) is 95.5 cm³/mol. The van der Waals surface area contributed by atoms with E-state index < -0.39 is 22.5 Å². The minimum absolute atomic E-state index is 0.0151. The quantitative estimate of drug-likeness (QED) is 0.426. The Morgan fingerprint density at radius 2 is 1.85 bits per heavy atom. The highest BCUT2D eigenvalue weighted by atomic mass is 32.3. The molecule has 10 nitrogen and oxygen atoms in total. The Morgan fingerprint density at radius 3 is 2.33 bits per heavy atom. The number of amides is 3. The van der Waals surface area contributed by atoms with Crippen molar-refractivity contribution in [2.45, 2.75) is 57.5 Å². The lowest BCUT2D eigenvalue weighted by Crippen LogP contribution is -2.66. The maximum absolute atomic E-state index is 12.5. The molecular formula is C16H28N4O6S. The van der Waals surface area contributed by atoms with Crippen molar-refractivity contribution in [1.82, 2.24) is 15.3 Å². The van der Waals surface area contributed by atoms with Crippen LogP contribution in [-0.2, 0) is 19.5 Å². The number of hydroxylamine groups is 2. The van der Waals surface area contributed by atoms with Gasteiger partial charge >= 0.3 is 16.4 Å². The average Bonchev–Trinajstić information content (AvgIpc) is 2.52. The zero-order chi connectivity index (χ0) is 19.8.